The topological polar surface area (TPSA) is 58.2 Å². The Balaban J connectivity index is 4.13. The van der Waals surface area contributed by atoms with Gasteiger partial charge in [-0.05, 0) is 32.1 Å². The Morgan fingerprint density at radius 3 is 2.05 bits per heavy atom. The molecular weight excluding hydrogens is 252 g/mol. The van der Waals surface area contributed by atoms with Crippen molar-refractivity contribution in [3.05, 3.63) is 0 Å². The number of rotatable bonds is 9. The van der Waals surface area contributed by atoms with Gasteiger partial charge < -0.3 is 10.6 Å². The van der Waals surface area contributed by atoms with Crippen LogP contribution in [0.2, 0.25) is 0 Å². The maximum Gasteiger partial charge on any atom is 0.232 e. The van der Waals surface area contributed by atoms with Gasteiger partial charge in [-0.3, -0.25) is 9.59 Å². The summed E-state index contributed by atoms with van der Waals surface area (Å²) in [6.07, 6.45) is 3.08. The van der Waals surface area contributed by atoms with Gasteiger partial charge in [0.05, 0.1) is 0 Å². The summed E-state index contributed by atoms with van der Waals surface area (Å²) in [4.78, 5) is 23.9. The lowest BCUT2D eigenvalue weighted by Gasteiger charge is -2.22. The van der Waals surface area contributed by atoms with Gasteiger partial charge in [-0.15, -0.1) is 0 Å². The van der Waals surface area contributed by atoms with E-state index in [1.807, 2.05) is 6.92 Å². The molecule has 0 aliphatic rings. The highest BCUT2D eigenvalue weighted by Gasteiger charge is 2.23. The monoisotopic (exact) mass is 284 g/mol. The summed E-state index contributed by atoms with van der Waals surface area (Å²) in [5.74, 6) is 0.0314. The maximum atomic E-state index is 12.0. The first-order chi connectivity index (χ1) is 9.33. The first-order valence-electron chi connectivity index (χ1n) is 7.91. The summed E-state index contributed by atoms with van der Waals surface area (Å²) in [6, 6.07) is 0.0999. The normalized spacial score (nSPS) is 16.9. The lowest BCUT2D eigenvalue weighted by atomic mass is 10.00. The molecule has 4 atom stereocenters. The third kappa shape index (κ3) is 6.92. The van der Waals surface area contributed by atoms with Crippen molar-refractivity contribution in [3.63, 3.8) is 0 Å². The number of nitrogens with one attached hydrogen (secondary N) is 2. The van der Waals surface area contributed by atoms with Gasteiger partial charge in [0.2, 0.25) is 11.8 Å². The quantitative estimate of drug-likeness (QED) is 0.640. The average Bonchev–Trinajstić information content (AvgIpc) is 2.44. The van der Waals surface area contributed by atoms with Crippen LogP contribution in [0.3, 0.4) is 0 Å². The molecule has 4 unspecified atom stereocenters. The standard InChI is InChI=1S/C16H32N2O2/c1-7-11(3)9-10-17-15(19)13(5)16(20)18-14(6)12(4)8-2/h11-14H,7-10H2,1-6H3,(H,17,19)(H,18,20). The van der Waals surface area contributed by atoms with Crippen LogP contribution in [0.5, 0.6) is 0 Å². The number of amides is 2. The van der Waals surface area contributed by atoms with E-state index in [1.165, 1.54) is 0 Å². The predicted octanol–water partition coefficient (Wildman–Crippen LogP) is 2.73. The minimum Gasteiger partial charge on any atom is -0.355 e. The zero-order valence-electron chi connectivity index (χ0n) is 14.0. The fraction of sp³-hybridized carbons (Fsp3) is 0.875. The van der Waals surface area contributed by atoms with Crippen LogP contribution in [-0.4, -0.2) is 24.4 Å². The highest BCUT2D eigenvalue weighted by atomic mass is 16.2. The average molecular weight is 284 g/mol. The Kier molecular flexibility index (Phi) is 9.26. The molecular formula is C16H32N2O2. The molecule has 2 N–H and O–H groups in total. The van der Waals surface area contributed by atoms with Crippen LogP contribution in [0.15, 0.2) is 0 Å². The van der Waals surface area contributed by atoms with Gasteiger partial charge >= 0.3 is 0 Å². The lowest BCUT2D eigenvalue weighted by molar-refractivity contribution is -0.135. The van der Waals surface area contributed by atoms with E-state index in [-0.39, 0.29) is 17.9 Å². The molecule has 0 saturated heterocycles. The van der Waals surface area contributed by atoms with E-state index < -0.39 is 5.92 Å². The van der Waals surface area contributed by atoms with Gasteiger partial charge in [-0.1, -0.05) is 40.5 Å². The number of carbonyl (C=O) groups excluding carboxylic acids is 2. The van der Waals surface area contributed by atoms with Crippen LogP contribution < -0.4 is 10.6 Å². The van der Waals surface area contributed by atoms with E-state index in [0.29, 0.717) is 18.4 Å². The first kappa shape index (κ1) is 18.9. The smallest absolute Gasteiger partial charge is 0.232 e. The van der Waals surface area contributed by atoms with Gasteiger partial charge in [0, 0.05) is 12.6 Å². The van der Waals surface area contributed by atoms with E-state index >= 15 is 0 Å². The SMILES string of the molecule is CCC(C)CCNC(=O)C(C)C(=O)NC(C)C(C)CC. The minimum atomic E-state index is -0.626. The third-order valence-electron chi connectivity index (χ3n) is 4.29. The van der Waals surface area contributed by atoms with Crippen molar-refractivity contribution in [1.29, 1.82) is 0 Å². The molecule has 4 nitrogen and oxygen atoms in total. The van der Waals surface area contributed by atoms with Crippen molar-refractivity contribution in [2.24, 2.45) is 17.8 Å². The van der Waals surface area contributed by atoms with Gasteiger partial charge in [0.15, 0.2) is 0 Å². The van der Waals surface area contributed by atoms with Crippen LogP contribution in [0.25, 0.3) is 0 Å². The summed E-state index contributed by atoms with van der Waals surface area (Å²) in [6.45, 7) is 12.8. The molecule has 0 saturated carbocycles. The Bertz CT molecular complexity index is 305. The van der Waals surface area contributed by atoms with Crippen LogP contribution in [0.4, 0.5) is 0 Å². The molecule has 4 heteroatoms. The zero-order valence-corrected chi connectivity index (χ0v) is 14.0. The molecule has 0 fully saturated rings. The zero-order chi connectivity index (χ0) is 15.7. The number of carbonyl (C=O) groups is 2. The summed E-state index contributed by atoms with van der Waals surface area (Å²) < 4.78 is 0. The summed E-state index contributed by atoms with van der Waals surface area (Å²) >= 11 is 0. The van der Waals surface area contributed by atoms with Gasteiger partial charge in [-0.2, -0.15) is 0 Å². The predicted molar refractivity (Wildman–Crippen MR) is 83.3 cm³/mol. The fourth-order valence-corrected chi connectivity index (χ4v) is 1.76. The molecule has 0 radical (unpaired) electrons. The molecule has 0 aliphatic carbocycles. The maximum absolute atomic E-state index is 12.0. The van der Waals surface area contributed by atoms with Crippen molar-refractivity contribution in [3.8, 4) is 0 Å². The largest absolute Gasteiger partial charge is 0.355 e. The highest BCUT2D eigenvalue weighted by molar-refractivity contribution is 5.99. The summed E-state index contributed by atoms with van der Waals surface area (Å²) in [5.41, 5.74) is 0. The van der Waals surface area contributed by atoms with Gasteiger partial charge in [-0.25, -0.2) is 0 Å². The fourth-order valence-electron chi connectivity index (χ4n) is 1.76. The number of hydrogen-bond acceptors (Lipinski definition) is 2. The van der Waals surface area contributed by atoms with Crippen LogP contribution in [0.1, 0.15) is 60.8 Å². The molecule has 0 aromatic heterocycles. The van der Waals surface area contributed by atoms with E-state index in [4.69, 9.17) is 0 Å². The highest BCUT2D eigenvalue weighted by Crippen LogP contribution is 2.08. The van der Waals surface area contributed by atoms with Gasteiger partial charge in [0.1, 0.15) is 5.92 Å². The van der Waals surface area contributed by atoms with Crippen LogP contribution in [0, 0.1) is 17.8 Å². The third-order valence-corrected chi connectivity index (χ3v) is 4.29. The molecule has 0 bridgehead atoms. The molecule has 0 aromatic rings. The Morgan fingerprint density at radius 1 is 0.950 bits per heavy atom. The van der Waals surface area contributed by atoms with E-state index in [1.54, 1.807) is 6.92 Å². The summed E-state index contributed by atoms with van der Waals surface area (Å²) in [5, 5.41) is 5.77. The van der Waals surface area contributed by atoms with Crippen molar-refractivity contribution >= 4 is 11.8 Å². The Hall–Kier alpha value is -1.06. The molecule has 0 spiro atoms. The van der Waals surface area contributed by atoms with E-state index in [2.05, 4.69) is 38.3 Å². The molecule has 118 valence electrons. The first-order valence-corrected chi connectivity index (χ1v) is 7.91. The molecule has 0 heterocycles. The molecule has 0 rings (SSSR count). The van der Waals surface area contributed by atoms with Crippen LogP contribution >= 0.6 is 0 Å². The molecule has 2 amide bonds. The van der Waals surface area contributed by atoms with Crippen LogP contribution in [-0.2, 0) is 9.59 Å². The second-order valence-corrected chi connectivity index (χ2v) is 6.00. The van der Waals surface area contributed by atoms with E-state index in [0.717, 1.165) is 19.3 Å². The van der Waals surface area contributed by atoms with Gasteiger partial charge in [0.25, 0.3) is 0 Å². The van der Waals surface area contributed by atoms with Crippen molar-refractivity contribution < 1.29 is 9.59 Å². The summed E-state index contributed by atoms with van der Waals surface area (Å²) in [7, 11) is 0. The second kappa shape index (κ2) is 9.78. The van der Waals surface area contributed by atoms with Crippen molar-refractivity contribution in [1.82, 2.24) is 10.6 Å². The van der Waals surface area contributed by atoms with E-state index in [9.17, 15) is 9.59 Å². The minimum absolute atomic E-state index is 0.0999. The van der Waals surface area contributed by atoms with Crippen molar-refractivity contribution in [2.45, 2.75) is 66.8 Å². The molecule has 0 aromatic carbocycles. The number of hydrogen-bond donors (Lipinski definition) is 2. The molecule has 20 heavy (non-hydrogen) atoms. The molecule has 0 aliphatic heterocycles. The lowest BCUT2D eigenvalue weighted by Crippen LogP contribution is -2.45. The Morgan fingerprint density at radius 2 is 1.55 bits per heavy atom. The Labute approximate surface area is 124 Å². The second-order valence-electron chi connectivity index (χ2n) is 6.00. The van der Waals surface area contributed by atoms with Crippen molar-refractivity contribution in [2.75, 3.05) is 6.54 Å².